The molecule has 0 spiro atoms. The van der Waals surface area contributed by atoms with Crippen LogP contribution in [-0.4, -0.2) is 0 Å². The first kappa shape index (κ1) is 13.6. The minimum Gasteiger partial charge on any atom is -0.297 e. The normalized spacial score (nSPS) is 16.8. The average molecular weight is 298 g/mol. The van der Waals surface area contributed by atoms with Gasteiger partial charge in [-0.15, -0.1) is 0 Å². The highest BCUT2D eigenvalue weighted by atomic mass is 15.5. The van der Waals surface area contributed by atoms with E-state index in [0.717, 1.165) is 11.4 Å². The van der Waals surface area contributed by atoms with Crippen LogP contribution in [-0.2, 0) is 0 Å². The van der Waals surface area contributed by atoms with Gasteiger partial charge in [-0.3, -0.25) is 10.4 Å². The van der Waals surface area contributed by atoms with E-state index in [2.05, 4.69) is 95.4 Å². The molecular weight excluding hydrogens is 280 g/mol. The summed E-state index contributed by atoms with van der Waals surface area (Å²) in [5.41, 5.74) is 8.34. The standard InChI is InChI=1S/C21H18N2/c1-4-10-17(11-5-1)20-16-21(18-12-6-2-7-13-18)23(22-20)19-14-8-3-9-15-19/h1-16,21-22H. The molecule has 1 heterocycles. The van der Waals surface area contributed by atoms with Crippen LogP contribution in [0, 0.1) is 0 Å². The smallest absolute Gasteiger partial charge is 0.0958 e. The van der Waals surface area contributed by atoms with Gasteiger partial charge in [0, 0.05) is 0 Å². The summed E-state index contributed by atoms with van der Waals surface area (Å²) in [6.45, 7) is 0. The summed E-state index contributed by atoms with van der Waals surface area (Å²) in [5.74, 6) is 0. The van der Waals surface area contributed by atoms with Crippen molar-refractivity contribution in [3.8, 4) is 0 Å². The fraction of sp³-hybridized carbons (Fsp3) is 0.0476. The van der Waals surface area contributed by atoms with Gasteiger partial charge < -0.3 is 0 Å². The number of hydrogen-bond acceptors (Lipinski definition) is 2. The molecule has 3 aromatic rings. The molecule has 112 valence electrons. The molecule has 1 N–H and O–H groups in total. The Kier molecular flexibility index (Phi) is 3.57. The Bertz CT molecular complexity index is 795. The molecule has 3 aromatic carbocycles. The third-order valence-corrected chi connectivity index (χ3v) is 4.10. The van der Waals surface area contributed by atoms with Crippen molar-refractivity contribution in [2.45, 2.75) is 6.04 Å². The first-order valence-corrected chi connectivity index (χ1v) is 7.85. The second-order valence-corrected chi connectivity index (χ2v) is 5.62. The Hall–Kier alpha value is -3.00. The van der Waals surface area contributed by atoms with E-state index in [1.807, 2.05) is 12.1 Å². The quantitative estimate of drug-likeness (QED) is 0.747. The highest BCUT2D eigenvalue weighted by Gasteiger charge is 2.26. The van der Waals surface area contributed by atoms with Crippen LogP contribution >= 0.6 is 0 Å². The first-order chi connectivity index (χ1) is 11.4. The van der Waals surface area contributed by atoms with Crippen LogP contribution in [0.2, 0.25) is 0 Å². The van der Waals surface area contributed by atoms with Crippen LogP contribution < -0.4 is 10.4 Å². The number of nitrogens with zero attached hydrogens (tertiary/aromatic N) is 1. The van der Waals surface area contributed by atoms with Crippen LogP contribution in [0.3, 0.4) is 0 Å². The van der Waals surface area contributed by atoms with E-state index in [4.69, 9.17) is 0 Å². The minimum atomic E-state index is 0.175. The zero-order valence-electron chi connectivity index (χ0n) is 12.8. The van der Waals surface area contributed by atoms with Crippen LogP contribution in [0.4, 0.5) is 5.69 Å². The van der Waals surface area contributed by atoms with Crippen molar-refractivity contribution < 1.29 is 0 Å². The topological polar surface area (TPSA) is 15.3 Å². The first-order valence-electron chi connectivity index (χ1n) is 7.85. The Morgan fingerprint density at radius 3 is 1.87 bits per heavy atom. The molecule has 4 rings (SSSR count). The number of benzene rings is 3. The third kappa shape index (κ3) is 2.71. The Morgan fingerprint density at radius 1 is 0.652 bits per heavy atom. The van der Waals surface area contributed by atoms with Crippen molar-refractivity contribution in [2.75, 3.05) is 5.01 Å². The van der Waals surface area contributed by atoms with Crippen molar-refractivity contribution in [2.24, 2.45) is 0 Å². The van der Waals surface area contributed by atoms with E-state index < -0.39 is 0 Å². The molecule has 0 radical (unpaired) electrons. The predicted molar refractivity (Wildman–Crippen MR) is 95.7 cm³/mol. The molecule has 1 atom stereocenters. The molecule has 0 aromatic heterocycles. The SMILES string of the molecule is C1=C(c2ccccc2)NN(c2ccccc2)C1c1ccccc1. The summed E-state index contributed by atoms with van der Waals surface area (Å²) in [6, 6.07) is 31.7. The van der Waals surface area contributed by atoms with Gasteiger partial charge in [0.05, 0.1) is 17.4 Å². The number of rotatable bonds is 3. The fourth-order valence-corrected chi connectivity index (χ4v) is 2.96. The van der Waals surface area contributed by atoms with Gasteiger partial charge in [-0.2, -0.15) is 0 Å². The van der Waals surface area contributed by atoms with Gasteiger partial charge in [0.15, 0.2) is 0 Å². The van der Waals surface area contributed by atoms with Crippen LogP contribution in [0.5, 0.6) is 0 Å². The summed E-state index contributed by atoms with van der Waals surface area (Å²) in [6.07, 6.45) is 2.29. The molecule has 1 unspecified atom stereocenters. The van der Waals surface area contributed by atoms with E-state index in [-0.39, 0.29) is 6.04 Å². The van der Waals surface area contributed by atoms with Gasteiger partial charge in [0.25, 0.3) is 0 Å². The molecule has 1 aliphatic heterocycles. The molecule has 23 heavy (non-hydrogen) atoms. The highest BCUT2D eigenvalue weighted by molar-refractivity contribution is 5.72. The molecule has 1 aliphatic rings. The number of anilines is 1. The largest absolute Gasteiger partial charge is 0.297 e. The van der Waals surface area contributed by atoms with E-state index in [0.29, 0.717) is 0 Å². The number of para-hydroxylation sites is 1. The zero-order chi connectivity index (χ0) is 15.5. The molecule has 2 heteroatoms. The number of hydrazine groups is 1. The van der Waals surface area contributed by atoms with Crippen molar-refractivity contribution in [3.05, 3.63) is 108 Å². The molecular formula is C21H18N2. The lowest BCUT2D eigenvalue weighted by Crippen LogP contribution is -2.33. The maximum absolute atomic E-state index is 3.57. The predicted octanol–water partition coefficient (Wildman–Crippen LogP) is 4.79. The van der Waals surface area contributed by atoms with Crippen molar-refractivity contribution in [3.63, 3.8) is 0 Å². The third-order valence-electron chi connectivity index (χ3n) is 4.10. The van der Waals surface area contributed by atoms with Gasteiger partial charge >= 0.3 is 0 Å². The van der Waals surface area contributed by atoms with Gasteiger partial charge in [-0.25, -0.2) is 0 Å². The molecule has 0 saturated carbocycles. The minimum absolute atomic E-state index is 0.175. The van der Waals surface area contributed by atoms with Gasteiger partial charge in [0.2, 0.25) is 0 Å². The second-order valence-electron chi connectivity index (χ2n) is 5.62. The molecule has 0 aliphatic carbocycles. The van der Waals surface area contributed by atoms with Crippen molar-refractivity contribution in [1.82, 2.24) is 5.43 Å². The maximum Gasteiger partial charge on any atom is 0.0958 e. The number of nitrogens with one attached hydrogen (secondary N) is 1. The lowest BCUT2D eigenvalue weighted by Gasteiger charge is -2.27. The average Bonchev–Trinajstić information content (AvgIpc) is 3.09. The van der Waals surface area contributed by atoms with Crippen LogP contribution in [0.15, 0.2) is 97.1 Å². The van der Waals surface area contributed by atoms with Gasteiger partial charge in [0.1, 0.15) is 0 Å². The summed E-state index contributed by atoms with van der Waals surface area (Å²) >= 11 is 0. The Labute approximate surface area is 136 Å². The molecule has 2 nitrogen and oxygen atoms in total. The van der Waals surface area contributed by atoms with E-state index >= 15 is 0 Å². The molecule has 0 bridgehead atoms. The summed E-state index contributed by atoms with van der Waals surface area (Å²) < 4.78 is 0. The zero-order valence-corrected chi connectivity index (χ0v) is 12.8. The second kappa shape index (κ2) is 6.01. The van der Waals surface area contributed by atoms with Crippen molar-refractivity contribution in [1.29, 1.82) is 0 Å². The Morgan fingerprint density at radius 2 is 1.22 bits per heavy atom. The lowest BCUT2D eigenvalue weighted by atomic mass is 10.0. The van der Waals surface area contributed by atoms with Crippen LogP contribution in [0.25, 0.3) is 5.70 Å². The summed E-state index contributed by atoms with van der Waals surface area (Å²) in [4.78, 5) is 0. The van der Waals surface area contributed by atoms with E-state index in [1.165, 1.54) is 11.1 Å². The lowest BCUT2D eigenvalue weighted by molar-refractivity contribution is 0.724. The highest BCUT2D eigenvalue weighted by Crippen LogP contribution is 2.34. The van der Waals surface area contributed by atoms with Crippen molar-refractivity contribution >= 4 is 11.4 Å². The monoisotopic (exact) mass is 298 g/mol. The van der Waals surface area contributed by atoms with Crippen LogP contribution in [0.1, 0.15) is 17.2 Å². The molecule has 0 fully saturated rings. The maximum atomic E-state index is 3.57. The molecule has 0 saturated heterocycles. The number of hydrogen-bond donors (Lipinski definition) is 1. The van der Waals surface area contributed by atoms with E-state index in [1.54, 1.807) is 0 Å². The van der Waals surface area contributed by atoms with Gasteiger partial charge in [-0.1, -0.05) is 78.9 Å². The van der Waals surface area contributed by atoms with E-state index in [9.17, 15) is 0 Å². The molecule has 0 amide bonds. The Balaban J connectivity index is 1.75. The fourth-order valence-electron chi connectivity index (χ4n) is 2.96. The summed E-state index contributed by atoms with van der Waals surface area (Å²) in [5, 5.41) is 2.22. The van der Waals surface area contributed by atoms with Gasteiger partial charge in [-0.05, 0) is 29.3 Å². The summed E-state index contributed by atoms with van der Waals surface area (Å²) in [7, 11) is 0.